The molecule has 4 N–H and O–H groups in total. The fourth-order valence-corrected chi connectivity index (χ4v) is 2.48. The van der Waals surface area contributed by atoms with E-state index in [0.29, 0.717) is 0 Å². The molecule has 6 heteroatoms. The molecule has 100 valence electrons. The van der Waals surface area contributed by atoms with Crippen molar-refractivity contribution in [3.05, 3.63) is 52.0 Å². The average molecular weight is 279 g/mol. The molecule has 2 rings (SSSR count). The Hall–Kier alpha value is -1.92. The van der Waals surface area contributed by atoms with Crippen LogP contribution in [0.2, 0.25) is 0 Å². The molecule has 0 aliphatic heterocycles. The van der Waals surface area contributed by atoms with Gasteiger partial charge in [0, 0.05) is 4.88 Å². The van der Waals surface area contributed by atoms with Crippen molar-refractivity contribution in [1.82, 2.24) is 5.32 Å². The number of nitrogens with one attached hydrogen (secondary N) is 2. The highest BCUT2D eigenvalue weighted by molar-refractivity contribution is 7.10. The van der Waals surface area contributed by atoms with E-state index in [-0.39, 0.29) is 23.2 Å². The van der Waals surface area contributed by atoms with E-state index in [9.17, 15) is 9.18 Å². The van der Waals surface area contributed by atoms with E-state index in [4.69, 9.17) is 5.84 Å². The summed E-state index contributed by atoms with van der Waals surface area (Å²) < 4.78 is 13.5. The number of carbonyl (C=O) groups is 1. The molecule has 1 atom stereocenters. The molecule has 19 heavy (non-hydrogen) atoms. The van der Waals surface area contributed by atoms with Gasteiger partial charge in [0.25, 0.3) is 5.91 Å². The van der Waals surface area contributed by atoms with Crippen LogP contribution >= 0.6 is 11.3 Å². The van der Waals surface area contributed by atoms with Crippen molar-refractivity contribution in [1.29, 1.82) is 0 Å². The fraction of sp³-hybridized carbons (Fsp3) is 0.154. The first kappa shape index (κ1) is 13.5. The van der Waals surface area contributed by atoms with Gasteiger partial charge in [-0.05, 0) is 30.5 Å². The van der Waals surface area contributed by atoms with Crippen molar-refractivity contribution >= 4 is 22.9 Å². The number of rotatable bonds is 4. The zero-order valence-corrected chi connectivity index (χ0v) is 11.1. The van der Waals surface area contributed by atoms with Crippen molar-refractivity contribution in [2.45, 2.75) is 13.0 Å². The van der Waals surface area contributed by atoms with Crippen LogP contribution in [0.15, 0.2) is 35.7 Å². The molecule has 1 amide bonds. The third-order valence-electron chi connectivity index (χ3n) is 2.72. The molecule has 0 saturated heterocycles. The first-order chi connectivity index (χ1) is 9.13. The van der Waals surface area contributed by atoms with E-state index < -0.39 is 5.82 Å². The van der Waals surface area contributed by atoms with Crippen molar-refractivity contribution in [3.63, 3.8) is 0 Å². The Morgan fingerprint density at radius 2 is 2.16 bits per heavy atom. The van der Waals surface area contributed by atoms with Crippen LogP contribution in [-0.4, -0.2) is 5.91 Å². The molecule has 2 aromatic rings. The summed E-state index contributed by atoms with van der Waals surface area (Å²) in [7, 11) is 0. The molecular formula is C13H14FN3OS. The highest BCUT2D eigenvalue weighted by Crippen LogP contribution is 2.22. The van der Waals surface area contributed by atoms with E-state index in [1.54, 1.807) is 11.3 Å². The van der Waals surface area contributed by atoms with Crippen molar-refractivity contribution in [3.8, 4) is 0 Å². The monoisotopic (exact) mass is 279 g/mol. The average Bonchev–Trinajstić information content (AvgIpc) is 2.92. The van der Waals surface area contributed by atoms with E-state index in [0.717, 1.165) is 4.88 Å². The van der Waals surface area contributed by atoms with Crippen LogP contribution in [0.4, 0.5) is 10.1 Å². The number of carbonyl (C=O) groups excluding carboxylic acids is 1. The number of halogens is 1. The second-order valence-corrected chi connectivity index (χ2v) is 5.00. The summed E-state index contributed by atoms with van der Waals surface area (Å²) in [4.78, 5) is 13.1. The largest absolute Gasteiger partial charge is 0.345 e. The van der Waals surface area contributed by atoms with Crippen LogP contribution in [0.5, 0.6) is 0 Å². The van der Waals surface area contributed by atoms with Gasteiger partial charge in [0.1, 0.15) is 5.82 Å². The van der Waals surface area contributed by atoms with Gasteiger partial charge < -0.3 is 10.7 Å². The Bertz CT molecular complexity index is 571. The van der Waals surface area contributed by atoms with Gasteiger partial charge in [-0.15, -0.1) is 11.3 Å². The molecule has 0 radical (unpaired) electrons. The molecule has 0 aliphatic carbocycles. The Labute approximate surface area is 114 Å². The van der Waals surface area contributed by atoms with Crippen LogP contribution in [0, 0.1) is 5.82 Å². The van der Waals surface area contributed by atoms with Crippen molar-refractivity contribution in [2.24, 2.45) is 5.84 Å². The smallest absolute Gasteiger partial charge is 0.254 e. The number of anilines is 1. The van der Waals surface area contributed by atoms with E-state index >= 15 is 0 Å². The van der Waals surface area contributed by atoms with Crippen molar-refractivity contribution in [2.75, 3.05) is 5.43 Å². The summed E-state index contributed by atoms with van der Waals surface area (Å²) in [5.74, 6) is 4.32. The zero-order chi connectivity index (χ0) is 13.8. The van der Waals surface area contributed by atoms with Crippen LogP contribution in [-0.2, 0) is 0 Å². The second-order valence-electron chi connectivity index (χ2n) is 4.02. The number of nitrogens with two attached hydrogens (primary N) is 1. The lowest BCUT2D eigenvalue weighted by molar-refractivity contribution is 0.0941. The maximum atomic E-state index is 13.5. The molecule has 1 aromatic carbocycles. The number of para-hydroxylation sites is 1. The van der Waals surface area contributed by atoms with Gasteiger partial charge in [-0.25, -0.2) is 4.39 Å². The van der Waals surface area contributed by atoms with E-state index in [1.807, 2.05) is 24.4 Å². The normalized spacial score (nSPS) is 11.9. The Kier molecular flexibility index (Phi) is 4.13. The standard InChI is InChI=1S/C13H14FN3OS/c1-8(11-6-3-7-19-11)16-13(18)9-4-2-5-10(14)12(9)17-15/h2-8,17H,15H2,1H3,(H,16,18). The number of hydrazine groups is 1. The van der Waals surface area contributed by atoms with E-state index in [1.165, 1.54) is 18.2 Å². The summed E-state index contributed by atoms with van der Waals surface area (Å²) in [6.45, 7) is 1.87. The number of hydrogen-bond acceptors (Lipinski definition) is 4. The lowest BCUT2D eigenvalue weighted by atomic mass is 10.1. The Morgan fingerprint density at radius 3 is 2.79 bits per heavy atom. The molecular weight excluding hydrogens is 265 g/mol. The van der Waals surface area contributed by atoms with Gasteiger partial charge in [0.05, 0.1) is 17.3 Å². The summed E-state index contributed by atoms with van der Waals surface area (Å²) >= 11 is 1.55. The van der Waals surface area contributed by atoms with Gasteiger partial charge in [0.15, 0.2) is 0 Å². The summed E-state index contributed by atoms with van der Waals surface area (Å²) in [5, 5.41) is 4.75. The summed E-state index contributed by atoms with van der Waals surface area (Å²) in [6.07, 6.45) is 0. The summed E-state index contributed by atoms with van der Waals surface area (Å²) in [6, 6.07) is 7.95. The topological polar surface area (TPSA) is 67.2 Å². The SMILES string of the molecule is CC(NC(=O)c1cccc(F)c1NN)c1cccs1. The highest BCUT2D eigenvalue weighted by atomic mass is 32.1. The fourth-order valence-electron chi connectivity index (χ4n) is 1.74. The maximum Gasteiger partial charge on any atom is 0.254 e. The predicted octanol–water partition coefficient (Wildman–Crippen LogP) is 2.66. The van der Waals surface area contributed by atoms with Gasteiger partial charge in [0.2, 0.25) is 0 Å². The number of nitrogen functional groups attached to an aromatic ring is 1. The Morgan fingerprint density at radius 1 is 1.37 bits per heavy atom. The molecule has 0 bridgehead atoms. The Balaban J connectivity index is 2.19. The van der Waals surface area contributed by atoms with E-state index in [2.05, 4.69) is 10.7 Å². The van der Waals surface area contributed by atoms with Crippen LogP contribution < -0.4 is 16.6 Å². The molecule has 1 aromatic heterocycles. The third-order valence-corrected chi connectivity index (χ3v) is 3.78. The van der Waals surface area contributed by atoms with Crippen LogP contribution in [0.3, 0.4) is 0 Å². The molecule has 0 fully saturated rings. The quantitative estimate of drug-likeness (QED) is 0.595. The third kappa shape index (κ3) is 2.91. The molecule has 0 saturated carbocycles. The first-order valence-corrected chi connectivity index (χ1v) is 6.61. The minimum atomic E-state index is -0.557. The molecule has 1 unspecified atom stereocenters. The minimum Gasteiger partial charge on any atom is -0.345 e. The number of amides is 1. The van der Waals surface area contributed by atoms with Crippen LogP contribution in [0.1, 0.15) is 28.2 Å². The highest BCUT2D eigenvalue weighted by Gasteiger charge is 2.17. The van der Waals surface area contributed by atoms with Gasteiger partial charge in [-0.1, -0.05) is 12.1 Å². The minimum absolute atomic E-state index is 0.00150. The van der Waals surface area contributed by atoms with Crippen LogP contribution in [0.25, 0.3) is 0 Å². The van der Waals surface area contributed by atoms with Crippen molar-refractivity contribution < 1.29 is 9.18 Å². The molecule has 0 aliphatic rings. The van der Waals surface area contributed by atoms with Gasteiger partial charge >= 0.3 is 0 Å². The molecule has 4 nitrogen and oxygen atoms in total. The van der Waals surface area contributed by atoms with Gasteiger partial charge in [-0.2, -0.15) is 0 Å². The maximum absolute atomic E-state index is 13.5. The van der Waals surface area contributed by atoms with Gasteiger partial charge in [-0.3, -0.25) is 10.6 Å². The lowest BCUT2D eigenvalue weighted by Crippen LogP contribution is -2.27. The molecule has 1 heterocycles. The lowest BCUT2D eigenvalue weighted by Gasteiger charge is -2.14. The number of thiophene rings is 1. The zero-order valence-electron chi connectivity index (χ0n) is 10.3. The number of benzene rings is 1. The summed E-state index contributed by atoms with van der Waals surface area (Å²) in [5.41, 5.74) is 2.40. The first-order valence-electron chi connectivity index (χ1n) is 5.73. The predicted molar refractivity (Wildman–Crippen MR) is 74.4 cm³/mol. The number of hydrogen-bond donors (Lipinski definition) is 3. The molecule has 0 spiro atoms. The second kappa shape index (κ2) is 5.81.